The second-order valence-corrected chi connectivity index (χ2v) is 5.65. The van der Waals surface area contributed by atoms with Crippen molar-refractivity contribution in [2.45, 2.75) is 6.92 Å². The lowest BCUT2D eigenvalue weighted by atomic mass is 10.0. The molecule has 0 saturated carbocycles. The van der Waals surface area contributed by atoms with Crippen molar-refractivity contribution in [3.8, 4) is 11.3 Å². The van der Waals surface area contributed by atoms with Crippen LogP contribution in [0.4, 0.5) is 0 Å². The molecule has 0 unspecified atom stereocenters. The van der Waals surface area contributed by atoms with E-state index < -0.39 is 0 Å². The molecule has 0 saturated heterocycles. The van der Waals surface area contributed by atoms with Gasteiger partial charge in [-0.15, -0.1) is 0 Å². The third-order valence-corrected chi connectivity index (χ3v) is 3.85. The van der Waals surface area contributed by atoms with Crippen molar-refractivity contribution in [3.05, 3.63) is 68.1 Å². The lowest BCUT2D eigenvalue weighted by Crippen LogP contribution is -2.03. The van der Waals surface area contributed by atoms with Gasteiger partial charge < -0.3 is 4.42 Å². The zero-order valence-corrected chi connectivity index (χ0v) is 12.5. The minimum Gasteiger partial charge on any atom is -0.422 e. The van der Waals surface area contributed by atoms with Crippen molar-refractivity contribution in [1.82, 2.24) is 0 Å². The molecule has 1 aromatic heterocycles. The first kappa shape index (κ1) is 12.4. The molecule has 1 heterocycles. The highest BCUT2D eigenvalue weighted by molar-refractivity contribution is 14.1. The minimum absolute atomic E-state index is 0.282. The van der Waals surface area contributed by atoms with Gasteiger partial charge in [0.1, 0.15) is 5.76 Å². The highest BCUT2D eigenvalue weighted by Gasteiger charge is 2.12. The lowest BCUT2D eigenvalue weighted by molar-refractivity contribution is 0.531. The summed E-state index contributed by atoms with van der Waals surface area (Å²) in [5.74, 6) is 0.653. The van der Waals surface area contributed by atoms with Crippen LogP contribution in [0.1, 0.15) is 5.56 Å². The van der Waals surface area contributed by atoms with Gasteiger partial charge in [0.15, 0.2) is 0 Å². The summed E-state index contributed by atoms with van der Waals surface area (Å²) in [4.78, 5) is 12.1. The van der Waals surface area contributed by atoms with Crippen LogP contribution in [0.15, 0.2) is 57.7 Å². The molecule has 0 aliphatic heterocycles. The summed E-state index contributed by atoms with van der Waals surface area (Å²) < 4.78 is 6.60. The zero-order chi connectivity index (χ0) is 13.4. The molecule has 3 rings (SSSR count). The number of hydrogen-bond donors (Lipinski definition) is 0. The SMILES string of the molecule is Cc1c(-c2ccccc2)oc(=O)c2ccc(I)cc12. The normalized spacial score (nSPS) is 10.8. The van der Waals surface area contributed by atoms with Gasteiger partial charge in [-0.25, -0.2) is 4.79 Å². The second kappa shape index (κ2) is 4.81. The molecule has 0 aliphatic carbocycles. The van der Waals surface area contributed by atoms with E-state index in [1.54, 1.807) is 0 Å². The van der Waals surface area contributed by atoms with Crippen molar-refractivity contribution in [1.29, 1.82) is 0 Å². The molecular weight excluding hydrogens is 351 g/mol. The van der Waals surface area contributed by atoms with E-state index in [-0.39, 0.29) is 5.63 Å². The van der Waals surface area contributed by atoms with Crippen molar-refractivity contribution in [2.75, 3.05) is 0 Å². The Kier molecular flexibility index (Phi) is 3.14. The number of halogens is 1. The fourth-order valence-electron chi connectivity index (χ4n) is 2.22. The first-order valence-corrected chi connectivity index (χ1v) is 7.03. The molecule has 0 amide bonds. The second-order valence-electron chi connectivity index (χ2n) is 4.40. The van der Waals surface area contributed by atoms with Gasteiger partial charge in [0, 0.05) is 14.7 Å². The van der Waals surface area contributed by atoms with Crippen molar-refractivity contribution < 1.29 is 4.42 Å². The average Bonchev–Trinajstić information content (AvgIpc) is 2.43. The summed E-state index contributed by atoms with van der Waals surface area (Å²) in [6, 6.07) is 15.5. The summed E-state index contributed by atoms with van der Waals surface area (Å²) in [7, 11) is 0. The van der Waals surface area contributed by atoms with E-state index in [2.05, 4.69) is 22.6 Å². The van der Waals surface area contributed by atoms with Gasteiger partial charge in [0.2, 0.25) is 0 Å². The van der Waals surface area contributed by atoms with Crippen LogP contribution in [0.25, 0.3) is 22.1 Å². The van der Waals surface area contributed by atoms with E-state index in [0.29, 0.717) is 11.1 Å². The van der Waals surface area contributed by atoms with Crippen molar-refractivity contribution in [3.63, 3.8) is 0 Å². The molecule has 0 fully saturated rings. The van der Waals surface area contributed by atoms with Crippen LogP contribution in [-0.4, -0.2) is 0 Å². The van der Waals surface area contributed by atoms with Gasteiger partial charge in [-0.05, 0) is 53.1 Å². The van der Waals surface area contributed by atoms with Gasteiger partial charge in [-0.3, -0.25) is 0 Å². The van der Waals surface area contributed by atoms with E-state index in [1.165, 1.54) is 0 Å². The van der Waals surface area contributed by atoms with Crippen LogP contribution in [0.5, 0.6) is 0 Å². The van der Waals surface area contributed by atoms with Crippen molar-refractivity contribution in [2.24, 2.45) is 0 Å². The monoisotopic (exact) mass is 362 g/mol. The van der Waals surface area contributed by atoms with E-state index in [9.17, 15) is 4.79 Å². The Balaban J connectivity index is 2.40. The van der Waals surface area contributed by atoms with Crippen LogP contribution in [-0.2, 0) is 0 Å². The molecule has 3 heteroatoms. The maximum Gasteiger partial charge on any atom is 0.344 e. The third-order valence-electron chi connectivity index (χ3n) is 3.18. The molecule has 2 aromatic carbocycles. The van der Waals surface area contributed by atoms with E-state index in [0.717, 1.165) is 20.1 Å². The minimum atomic E-state index is -0.282. The average molecular weight is 362 g/mol. The molecule has 0 aliphatic rings. The Morgan fingerprint density at radius 1 is 1.00 bits per heavy atom. The molecule has 0 spiro atoms. The maximum absolute atomic E-state index is 12.1. The number of aryl methyl sites for hydroxylation is 1. The number of rotatable bonds is 1. The summed E-state index contributed by atoms with van der Waals surface area (Å²) in [6.45, 7) is 1.99. The first-order valence-electron chi connectivity index (χ1n) is 5.95. The van der Waals surface area contributed by atoms with Gasteiger partial charge in [-0.1, -0.05) is 30.3 Å². The summed E-state index contributed by atoms with van der Waals surface area (Å²) >= 11 is 2.25. The van der Waals surface area contributed by atoms with E-state index in [1.807, 2.05) is 55.5 Å². The molecule has 0 bridgehead atoms. The van der Waals surface area contributed by atoms with Crippen LogP contribution >= 0.6 is 22.6 Å². The smallest absolute Gasteiger partial charge is 0.344 e. The summed E-state index contributed by atoms with van der Waals surface area (Å²) in [5.41, 5.74) is 1.65. The Bertz CT molecular complexity index is 804. The highest BCUT2D eigenvalue weighted by Crippen LogP contribution is 2.28. The van der Waals surface area contributed by atoms with Gasteiger partial charge in [0.25, 0.3) is 0 Å². The molecule has 2 nitrogen and oxygen atoms in total. The lowest BCUT2D eigenvalue weighted by Gasteiger charge is -2.08. The maximum atomic E-state index is 12.1. The summed E-state index contributed by atoms with van der Waals surface area (Å²) in [5, 5.41) is 1.60. The summed E-state index contributed by atoms with van der Waals surface area (Å²) in [6.07, 6.45) is 0. The number of benzene rings is 2. The molecule has 19 heavy (non-hydrogen) atoms. The standard InChI is InChI=1S/C16H11IO2/c1-10-14-9-12(17)7-8-13(14)16(18)19-15(10)11-5-3-2-4-6-11/h2-9H,1H3. The van der Waals surface area contributed by atoms with Gasteiger partial charge in [0.05, 0.1) is 5.39 Å². The largest absolute Gasteiger partial charge is 0.422 e. The Hall–Kier alpha value is -1.62. The predicted molar refractivity (Wildman–Crippen MR) is 85.4 cm³/mol. The topological polar surface area (TPSA) is 30.2 Å². The van der Waals surface area contributed by atoms with Gasteiger partial charge in [-0.2, -0.15) is 0 Å². The van der Waals surface area contributed by atoms with Crippen LogP contribution in [0, 0.1) is 10.5 Å². The molecular formula is C16H11IO2. The quantitative estimate of drug-likeness (QED) is 0.602. The number of hydrogen-bond acceptors (Lipinski definition) is 2. The zero-order valence-electron chi connectivity index (χ0n) is 10.3. The van der Waals surface area contributed by atoms with Crippen LogP contribution in [0.3, 0.4) is 0 Å². The first-order chi connectivity index (χ1) is 9.16. The molecule has 3 aromatic rings. The Morgan fingerprint density at radius 2 is 1.74 bits per heavy atom. The van der Waals surface area contributed by atoms with Crippen LogP contribution in [0.2, 0.25) is 0 Å². The Labute approximate surface area is 124 Å². The van der Waals surface area contributed by atoms with E-state index >= 15 is 0 Å². The van der Waals surface area contributed by atoms with Crippen molar-refractivity contribution >= 4 is 33.4 Å². The van der Waals surface area contributed by atoms with Crippen LogP contribution < -0.4 is 5.63 Å². The third kappa shape index (κ3) is 2.18. The Morgan fingerprint density at radius 3 is 2.47 bits per heavy atom. The molecule has 94 valence electrons. The fourth-order valence-corrected chi connectivity index (χ4v) is 2.71. The molecule has 0 N–H and O–H groups in total. The molecule has 0 radical (unpaired) electrons. The number of fused-ring (bicyclic) bond motifs is 1. The van der Waals surface area contributed by atoms with Gasteiger partial charge >= 0.3 is 5.63 Å². The molecule has 0 atom stereocenters. The fraction of sp³-hybridized carbons (Fsp3) is 0.0625. The highest BCUT2D eigenvalue weighted by atomic mass is 127. The predicted octanol–water partition coefficient (Wildman–Crippen LogP) is 4.37. The van der Waals surface area contributed by atoms with E-state index in [4.69, 9.17) is 4.42 Å².